The third-order valence-corrected chi connectivity index (χ3v) is 9.81. The first-order chi connectivity index (χ1) is 23.1. The second kappa shape index (κ2) is 12.2. The Morgan fingerprint density at radius 3 is 2.46 bits per heavy atom. The minimum absolute atomic E-state index is 0.0271. The summed E-state index contributed by atoms with van der Waals surface area (Å²) in [6.07, 6.45) is 0.509. The molecule has 0 N–H and O–H groups in total. The van der Waals surface area contributed by atoms with Gasteiger partial charge in [-0.15, -0.1) is 0 Å². The van der Waals surface area contributed by atoms with Crippen molar-refractivity contribution in [1.29, 1.82) is 0 Å². The lowest BCUT2D eigenvalue weighted by Gasteiger charge is -2.40. The molecule has 1 aromatic heterocycles. The highest BCUT2D eigenvalue weighted by atomic mass is 19.1. The molecule has 3 aromatic carbocycles. The molecule has 1 saturated heterocycles. The summed E-state index contributed by atoms with van der Waals surface area (Å²) in [7, 11) is 4.61. The van der Waals surface area contributed by atoms with Gasteiger partial charge in [0.1, 0.15) is 23.1 Å². The number of esters is 1. The van der Waals surface area contributed by atoms with Crippen LogP contribution in [-0.4, -0.2) is 72.2 Å². The van der Waals surface area contributed by atoms with Crippen molar-refractivity contribution >= 4 is 17.8 Å². The van der Waals surface area contributed by atoms with Crippen LogP contribution in [0.15, 0.2) is 72.8 Å². The third kappa shape index (κ3) is 5.13. The summed E-state index contributed by atoms with van der Waals surface area (Å²) in [6.45, 7) is 0.614. The van der Waals surface area contributed by atoms with Gasteiger partial charge in [0.15, 0.2) is 12.3 Å². The molecule has 2 amide bonds. The minimum Gasteiger partial charge on any atom is -0.467 e. The predicted octanol–water partition coefficient (Wildman–Crippen LogP) is 4.95. The molecule has 0 bridgehead atoms. The van der Waals surface area contributed by atoms with Crippen LogP contribution in [0, 0.1) is 17.6 Å². The number of carbonyl (C=O) groups is 3. The quantitative estimate of drug-likeness (QED) is 0.262. The van der Waals surface area contributed by atoms with Crippen LogP contribution >= 0.6 is 0 Å². The van der Waals surface area contributed by atoms with Crippen LogP contribution in [0.2, 0.25) is 0 Å². The molecule has 4 aromatic rings. The number of hydrogen-bond donors (Lipinski definition) is 0. The Hall–Kier alpha value is -5.03. The summed E-state index contributed by atoms with van der Waals surface area (Å²) < 4.78 is 47.4. The number of methoxy groups -OCH3 is 1. The van der Waals surface area contributed by atoms with E-state index in [0.717, 1.165) is 11.3 Å². The number of halogens is 2. The van der Waals surface area contributed by atoms with Crippen molar-refractivity contribution in [2.24, 2.45) is 5.92 Å². The van der Waals surface area contributed by atoms with Gasteiger partial charge in [0.05, 0.1) is 20.3 Å². The van der Waals surface area contributed by atoms with Crippen molar-refractivity contribution in [3.8, 4) is 5.75 Å². The number of nitrogens with zero attached hydrogens (tertiary/aromatic N) is 3. The second-order valence-electron chi connectivity index (χ2n) is 12.8. The van der Waals surface area contributed by atoms with Gasteiger partial charge >= 0.3 is 5.97 Å². The Kier molecular flexibility index (Phi) is 8.03. The number of benzene rings is 3. The van der Waals surface area contributed by atoms with Crippen molar-refractivity contribution in [3.63, 3.8) is 0 Å². The van der Waals surface area contributed by atoms with Gasteiger partial charge in [-0.25, -0.2) is 13.6 Å². The first-order valence-corrected chi connectivity index (χ1v) is 15.8. The monoisotopic (exact) mass is 655 g/mol. The number of rotatable bonds is 7. The Morgan fingerprint density at radius 2 is 1.75 bits per heavy atom. The number of hydrogen-bond acceptors (Lipinski definition) is 6. The highest BCUT2D eigenvalue weighted by Gasteiger charge is 2.64. The average molecular weight is 656 g/mol. The zero-order chi connectivity index (χ0) is 33.7. The number of aromatic nitrogens is 1. The number of likely N-dealkylation sites (tertiary alicyclic amines) is 1. The third-order valence-electron chi connectivity index (χ3n) is 9.81. The summed E-state index contributed by atoms with van der Waals surface area (Å²) in [6, 6.07) is 19.2. The highest BCUT2D eigenvalue weighted by Crippen LogP contribution is 2.55. The maximum absolute atomic E-state index is 14.8. The molecule has 1 fully saturated rings. The zero-order valence-electron chi connectivity index (χ0n) is 26.9. The molecule has 1 aliphatic carbocycles. The van der Waals surface area contributed by atoms with Gasteiger partial charge in [-0.2, -0.15) is 0 Å². The standard InChI is InChI=1S/C37H35F2N3O6/c1-40(2)35(44)31-16-29-30(41(31)18-25-13-28(39)14-26-20-47-21-48-33(25)26)15-24-19-42(34(43)23-7-5-4-6-8-23)37(32(24)29,36(45)46-3)17-22-9-11-27(38)12-10-22/h4-14,16,24,32H,15,17-21H2,1-3H3/t24-,32+,37+/m0/s1. The van der Waals surface area contributed by atoms with Crippen LogP contribution in [0.4, 0.5) is 8.78 Å². The summed E-state index contributed by atoms with van der Waals surface area (Å²) in [5.41, 5.74) is 2.62. The number of amides is 2. The zero-order valence-corrected chi connectivity index (χ0v) is 26.9. The molecule has 248 valence electrons. The van der Waals surface area contributed by atoms with Gasteiger partial charge in [0.2, 0.25) is 0 Å². The van der Waals surface area contributed by atoms with E-state index in [-0.39, 0.29) is 50.6 Å². The Balaban J connectivity index is 1.41. The molecule has 0 radical (unpaired) electrons. The van der Waals surface area contributed by atoms with Gasteiger partial charge in [-0.05, 0) is 65.9 Å². The van der Waals surface area contributed by atoms with Crippen molar-refractivity contribution in [2.45, 2.75) is 37.5 Å². The van der Waals surface area contributed by atoms with Crippen molar-refractivity contribution in [3.05, 3.63) is 124 Å². The van der Waals surface area contributed by atoms with Crippen LogP contribution < -0.4 is 4.74 Å². The number of ether oxygens (including phenoxy) is 3. The van der Waals surface area contributed by atoms with E-state index in [2.05, 4.69) is 0 Å². The largest absolute Gasteiger partial charge is 0.467 e. The molecule has 9 nitrogen and oxygen atoms in total. The van der Waals surface area contributed by atoms with Crippen LogP contribution in [0.3, 0.4) is 0 Å². The molecule has 3 atom stereocenters. The second-order valence-corrected chi connectivity index (χ2v) is 12.8. The minimum atomic E-state index is -1.52. The molecule has 11 heteroatoms. The maximum Gasteiger partial charge on any atom is 0.332 e. The summed E-state index contributed by atoms with van der Waals surface area (Å²) in [5.74, 6) is -2.31. The fraction of sp³-hybridized carbons (Fsp3) is 0.324. The van der Waals surface area contributed by atoms with Gasteiger partial charge < -0.3 is 28.6 Å². The lowest BCUT2D eigenvalue weighted by Crippen LogP contribution is -2.58. The maximum atomic E-state index is 14.8. The topological polar surface area (TPSA) is 90.3 Å². The normalized spacial score (nSPS) is 20.8. The molecule has 0 spiro atoms. The van der Waals surface area contributed by atoms with Crippen molar-refractivity contribution in [2.75, 3.05) is 34.5 Å². The van der Waals surface area contributed by atoms with Gasteiger partial charge in [-0.3, -0.25) is 9.59 Å². The van der Waals surface area contributed by atoms with E-state index < -0.39 is 29.1 Å². The molecule has 48 heavy (non-hydrogen) atoms. The average Bonchev–Trinajstić information content (AvgIpc) is 3.72. The molecule has 2 aliphatic heterocycles. The Bertz CT molecular complexity index is 1910. The number of fused-ring (bicyclic) bond motifs is 4. The summed E-state index contributed by atoms with van der Waals surface area (Å²) in [5, 5.41) is 0. The highest BCUT2D eigenvalue weighted by molar-refractivity contribution is 6.00. The van der Waals surface area contributed by atoms with Crippen LogP contribution in [0.25, 0.3) is 0 Å². The first-order valence-electron chi connectivity index (χ1n) is 15.8. The molecule has 7 rings (SSSR count). The molecular formula is C37H35F2N3O6. The molecule has 0 saturated carbocycles. The van der Waals surface area contributed by atoms with Gasteiger partial charge in [0.25, 0.3) is 11.8 Å². The predicted molar refractivity (Wildman–Crippen MR) is 170 cm³/mol. The van der Waals surface area contributed by atoms with E-state index in [0.29, 0.717) is 40.1 Å². The Labute approximate surface area is 276 Å². The van der Waals surface area contributed by atoms with E-state index in [1.54, 1.807) is 61.5 Å². The van der Waals surface area contributed by atoms with Crippen LogP contribution in [0.5, 0.6) is 5.75 Å². The van der Waals surface area contributed by atoms with Crippen LogP contribution in [-0.2, 0) is 40.3 Å². The van der Waals surface area contributed by atoms with Gasteiger partial charge in [-0.1, -0.05) is 30.3 Å². The fourth-order valence-electron chi connectivity index (χ4n) is 7.85. The lowest BCUT2D eigenvalue weighted by molar-refractivity contribution is -0.153. The summed E-state index contributed by atoms with van der Waals surface area (Å²) >= 11 is 0. The molecule has 0 unspecified atom stereocenters. The molecule has 3 aliphatic rings. The lowest BCUT2D eigenvalue weighted by atomic mass is 9.75. The first kappa shape index (κ1) is 31.6. The van der Waals surface area contributed by atoms with E-state index in [9.17, 15) is 23.2 Å². The van der Waals surface area contributed by atoms with Crippen molar-refractivity contribution < 1.29 is 37.4 Å². The van der Waals surface area contributed by atoms with Crippen molar-refractivity contribution in [1.82, 2.24) is 14.4 Å². The van der Waals surface area contributed by atoms with Crippen LogP contribution in [0.1, 0.15) is 54.7 Å². The van der Waals surface area contributed by atoms with Gasteiger partial charge in [0, 0.05) is 55.4 Å². The van der Waals surface area contributed by atoms with E-state index in [4.69, 9.17) is 14.2 Å². The fourth-order valence-corrected chi connectivity index (χ4v) is 7.85. The molecular weight excluding hydrogens is 620 g/mol. The smallest absolute Gasteiger partial charge is 0.332 e. The SMILES string of the molecule is COC(=O)[C@@]1(Cc2ccc(F)cc2)[C@H]2c3cc(C(=O)N(C)C)n(Cc4cc(F)cc5c4OCOC5)c3C[C@H]2CN1C(=O)c1ccccc1. The van der Waals surface area contributed by atoms with E-state index in [1.807, 2.05) is 10.6 Å². The number of carbonyl (C=O) groups excluding carboxylic acids is 3. The summed E-state index contributed by atoms with van der Waals surface area (Å²) in [4.78, 5) is 45.4. The van der Waals surface area contributed by atoms with E-state index >= 15 is 0 Å². The molecule has 3 heterocycles. The Morgan fingerprint density at radius 1 is 1.00 bits per heavy atom. The van der Waals surface area contributed by atoms with E-state index in [1.165, 1.54) is 36.3 Å².